The fourth-order valence-electron chi connectivity index (χ4n) is 1.86. The first-order chi connectivity index (χ1) is 11.1. The summed E-state index contributed by atoms with van der Waals surface area (Å²) in [7, 11) is 0. The first kappa shape index (κ1) is 16.4. The lowest BCUT2D eigenvalue weighted by atomic mass is 10.2. The quantitative estimate of drug-likeness (QED) is 0.712. The zero-order chi connectivity index (χ0) is 16.5. The van der Waals surface area contributed by atoms with E-state index in [1.807, 2.05) is 30.3 Å². The molecule has 2 aromatic rings. The third-order valence-electron chi connectivity index (χ3n) is 3.00. The highest BCUT2D eigenvalue weighted by atomic mass is 16.5. The Morgan fingerprint density at radius 1 is 0.957 bits per heavy atom. The number of amides is 2. The van der Waals surface area contributed by atoms with Gasteiger partial charge in [0.2, 0.25) is 0 Å². The average Bonchev–Trinajstić information content (AvgIpc) is 2.57. The molecule has 2 aromatic carbocycles. The fraction of sp³-hybridized carbons (Fsp3) is 0.176. The maximum Gasteiger partial charge on any atom is 0.407 e. The van der Waals surface area contributed by atoms with Gasteiger partial charge in [-0.2, -0.15) is 0 Å². The average molecular weight is 314 g/mol. The topological polar surface area (TPSA) is 87.7 Å². The van der Waals surface area contributed by atoms with Crippen LogP contribution in [0.5, 0.6) is 5.75 Å². The number of aromatic hydroxyl groups is 1. The number of hydrogen-bond donors (Lipinski definition) is 3. The highest BCUT2D eigenvalue weighted by Gasteiger charge is 2.06. The van der Waals surface area contributed by atoms with Crippen LogP contribution in [0, 0.1) is 0 Å². The van der Waals surface area contributed by atoms with E-state index in [2.05, 4.69) is 10.6 Å². The molecule has 0 aliphatic heterocycles. The van der Waals surface area contributed by atoms with Crippen LogP contribution in [-0.4, -0.2) is 30.2 Å². The van der Waals surface area contributed by atoms with Crippen molar-refractivity contribution < 1.29 is 19.4 Å². The largest absolute Gasteiger partial charge is 0.508 e. The fourth-order valence-corrected chi connectivity index (χ4v) is 1.86. The SMILES string of the molecule is O=C(NCCNC(=O)c1cccc(O)c1)OCc1ccccc1. The van der Waals surface area contributed by atoms with Crippen molar-refractivity contribution in [1.29, 1.82) is 0 Å². The highest BCUT2D eigenvalue weighted by molar-refractivity contribution is 5.94. The minimum atomic E-state index is -0.541. The molecular weight excluding hydrogens is 296 g/mol. The number of benzene rings is 2. The predicted molar refractivity (Wildman–Crippen MR) is 85.1 cm³/mol. The molecule has 0 radical (unpaired) electrons. The van der Waals surface area contributed by atoms with Gasteiger partial charge in [-0.25, -0.2) is 4.79 Å². The zero-order valence-corrected chi connectivity index (χ0v) is 12.5. The molecule has 120 valence electrons. The lowest BCUT2D eigenvalue weighted by molar-refractivity contribution is 0.0951. The number of carbonyl (C=O) groups is 2. The van der Waals surface area contributed by atoms with Crippen molar-refractivity contribution in [2.24, 2.45) is 0 Å². The summed E-state index contributed by atoms with van der Waals surface area (Å²) in [6, 6.07) is 15.4. The van der Waals surface area contributed by atoms with Crippen molar-refractivity contribution in [3.63, 3.8) is 0 Å². The number of phenolic OH excluding ortho intramolecular Hbond substituents is 1. The summed E-state index contributed by atoms with van der Waals surface area (Å²) >= 11 is 0. The van der Waals surface area contributed by atoms with Crippen LogP contribution in [0.3, 0.4) is 0 Å². The Morgan fingerprint density at radius 2 is 1.70 bits per heavy atom. The van der Waals surface area contributed by atoms with Gasteiger partial charge < -0.3 is 20.5 Å². The molecule has 2 amide bonds. The maximum absolute atomic E-state index is 11.8. The second-order valence-electron chi connectivity index (χ2n) is 4.79. The van der Waals surface area contributed by atoms with Crippen LogP contribution in [0.25, 0.3) is 0 Å². The maximum atomic E-state index is 11.8. The Balaban J connectivity index is 1.63. The number of nitrogens with one attached hydrogen (secondary N) is 2. The van der Waals surface area contributed by atoms with Gasteiger partial charge in [0.15, 0.2) is 0 Å². The van der Waals surface area contributed by atoms with Crippen LogP contribution in [-0.2, 0) is 11.3 Å². The molecule has 0 aliphatic carbocycles. The molecule has 0 atom stereocenters. The molecule has 6 nitrogen and oxygen atoms in total. The van der Waals surface area contributed by atoms with Gasteiger partial charge in [0.25, 0.3) is 5.91 Å². The standard InChI is InChI=1S/C17H18N2O4/c20-15-8-4-7-14(11-15)16(21)18-9-10-19-17(22)23-12-13-5-2-1-3-6-13/h1-8,11,20H,9-10,12H2,(H,18,21)(H,19,22). The van der Waals surface area contributed by atoms with E-state index in [9.17, 15) is 14.7 Å². The van der Waals surface area contributed by atoms with E-state index in [-0.39, 0.29) is 31.4 Å². The van der Waals surface area contributed by atoms with Gasteiger partial charge in [0, 0.05) is 18.7 Å². The molecule has 0 heterocycles. The molecule has 2 rings (SSSR count). The van der Waals surface area contributed by atoms with Crippen molar-refractivity contribution in [3.8, 4) is 5.75 Å². The van der Waals surface area contributed by atoms with E-state index in [4.69, 9.17) is 4.74 Å². The molecule has 0 fully saturated rings. The molecule has 0 aliphatic rings. The molecule has 0 unspecified atom stereocenters. The molecule has 3 N–H and O–H groups in total. The Kier molecular flexibility index (Phi) is 5.99. The minimum Gasteiger partial charge on any atom is -0.508 e. The van der Waals surface area contributed by atoms with Crippen LogP contribution in [0.1, 0.15) is 15.9 Å². The zero-order valence-electron chi connectivity index (χ0n) is 12.5. The highest BCUT2D eigenvalue weighted by Crippen LogP contribution is 2.10. The first-order valence-electron chi connectivity index (χ1n) is 7.17. The van der Waals surface area contributed by atoms with E-state index in [0.717, 1.165) is 5.56 Å². The van der Waals surface area contributed by atoms with Gasteiger partial charge in [0.1, 0.15) is 12.4 Å². The van der Waals surface area contributed by atoms with Crippen molar-refractivity contribution in [2.75, 3.05) is 13.1 Å². The number of ether oxygens (including phenoxy) is 1. The second kappa shape index (κ2) is 8.43. The van der Waals surface area contributed by atoms with Crippen LogP contribution >= 0.6 is 0 Å². The predicted octanol–water partition coefficient (Wildman–Crippen LogP) is 2.05. The normalized spacial score (nSPS) is 9.91. The monoisotopic (exact) mass is 314 g/mol. The number of phenols is 1. The number of rotatable bonds is 6. The molecule has 0 aromatic heterocycles. The summed E-state index contributed by atoms with van der Waals surface area (Å²) in [5, 5.41) is 14.5. The minimum absolute atomic E-state index is 0.0280. The summed E-state index contributed by atoms with van der Waals surface area (Å²) in [5.74, 6) is -0.291. The van der Waals surface area contributed by atoms with E-state index >= 15 is 0 Å². The van der Waals surface area contributed by atoms with Crippen LogP contribution in [0.4, 0.5) is 4.79 Å². The van der Waals surface area contributed by atoms with E-state index in [0.29, 0.717) is 5.56 Å². The third-order valence-corrected chi connectivity index (χ3v) is 3.00. The molecule has 0 spiro atoms. The molecule has 23 heavy (non-hydrogen) atoms. The van der Waals surface area contributed by atoms with E-state index in [1.165, 1.54) is 12.1 Å². The number of alkyl carbamates (subject to hydrolysis) is 1. The van der Waals surface area contributed by atoms with E-state index < -0.39 is 6.09 Å². The van der Waals surface area contributed by atoms with Crippen molar-refractivity contribution >= 4 is 12.0 Å². The molecule has 6 heteroatoms. The second-order valence-corrected chi connectivity index (χ2v) is 4.79. The van der Waals surface area contributed by atoms with Crippen LogP contribution < -0.4 is 10.6 Å². The van der Waals surface area contributed by atoms with Gasteiger partial charge in [-0.05, 0) is 23.8 Å². The molecule has 0 saturated heterocycles. The summed E-state index contributed by atoms with van der Waals surface area (Å²) in [6.07, 6.45) is -0.541. The van der Waals surface area contributed by atoms with Crippen LogP contribution in [0.2, 0.25) is 0 Å². The Hall–Kier alpha value is -3.02. The molecule has 0 saturated carbocycles. The molecular formula is C17H18N2O4. The summed E-state index contributed by atoms with van der Waals surface area (Å²) in [6.45, 7) is 0.704. The molecule has 0 bridgehead atoms. The lowest BCUT2D eigenvalue weighted by Gasteiger charge is -2.08. The Labute approximate surface area is 134 Å². The summed E-state index contributed by atoms with van der Waals surface area (Å²) in [5.41, 5.74) is 1.26. The smallest absolute Gasteiger partial charge is 0.407 e. The Morgan fingerprint density at radius 3 is 2.43 bits per heavy atom. The van der Waals surface area contributed by atoms with Crippen molar-refractivity contribution in [3.05, 3.63) is 65.7 Å². The van der Waals surface area contributed by atoms with Gasteiger partial charge in [-0.1, -0.05) is 36.4 Å². The van der Waals surface area contributed by atoms with Gasteiger partial charge in [-0.3, -0.25) is 4.79 Å². The van der Waals surface area contributed by atoms with Gasteiger partial charge >= 0.3 is 6.09 Å². The number of hydrogen-bond acceptors (Lipinski definition) is 4. The Bertz CT molecular complexity index is 659. The number of carbonyl (C=O) groups excluding carboxylic acids is 2. The lowest BCUT2D eigenvalue weighted by Crippen LogP contribution is -2.34. The third kappa shape index (κ3) is 5.70. The van der Waals surface area contributed by atoms with Crippen LogP contribution in [0.15, 0.2) is 54.6 Å². The van der Waals surface area contributed by atoms with Crippen molar-refractivity contribution in [2.45, 2.75) is 6.61 Å². The van der Waals surface area contributed by atoms with Gasteiger partial charge in [-0.15, -0.1) is 0 Å². The first-order valence-corrected chi connectivity index (χ1v) is 7.17. The van der Waals surface area contributed by atoms with E-state index in [1.54, 1.807) is 12.1 Å². The van der Waals surface area contributed by atoms with Gasteiger partial charge in [0.05, 0.1) is 0 Å². The summed E-state index contributed by atoms with van der Waals surface area (Å²) < 4.78 is 5.04. The van der Waals surface area contributed by atoms with Crippen molar-refractivity contribution in [1.82, 2.24) is 10.6 Å². The summed E-state index contributed by atoms with van der Waals surface area (Å²) in [4.78, 5) is 23.3.